The summed E-state index contributed by atoms with van der Waals surface area (Å²) in [5, 5.41) is 5.78. The van der Waals surface area contributed by atoms with Crippen molar-refractivity contribution in [2.24, 2.45) is 10.9 Å². The van der Waals surface area contributed by atoms with Crippen molar-refractivity contribution >= 4 is 17.8 Å². The molecule has 2 N–H and O–H groups in total. The van der Waals surface area contributed by atoms with Gasteiger partial charge in [-0.1, -0.05) is 0 Å². The zero-order chi connectivity index (χ0) is 17.1. The second kappa shape index (κ2) is 10.8. The van der Waals surface area contributed by atoms with Crippen LogP contribution in [0.25, 0.3) is 0 Å². The van der Waals surface area contributed by atoms with Crippen molar-refractivity contribution in [3.63, 3.8) is 0 Å². The van der Waals surface area contributed by atoms with Gasteiger partial charge in [0, 0.05) is 33.8 Å². The molecule has 23 heavy (non-hydrogen) atoms. The Labute approximate surface area is 137 Å². The predicted molar refractivity (Wildman–Crippen MR) is 87.2 cm³/mol. The first-order valence-electron chi connectivity index (χ1n) is 8.00. The fraction of sp³-hybridized carbons (Fsp3) is 0.800. The van der Waals surface area contributed by atoms with Crippen LogP contribution >= 0.6 is 0 Å². The number of piperidine rings is 1. The summed E-state index contributed by atoms with van der Waals surface area (Å²) < 4.78 is 9.94. The molecule has 0 aromatic heterocycles. The number of hydrogen-bond acceptors (Lipinski definition) is 5. The van der Waals surface area contributed by atoms with Crippen LogP contribution in [0.3, 0.4) is 0 Å². The van der Waals surface area contributed by atoms with Gasteiger partial charge in [-0.3, -0.25) is 14.6 Å². The summed E-state index contributed by atoms with van der Waals surface area (Å²) in [6, 6.07) is 0. The van der Waals surface area contributed by atoms with Crippen molar-refractivity contribution in [3.05, 3.63) is 0 Å². The van der Waals surface area contributed by atoms with E-state index in [0.29, 0.717) is 38.8 Å². The highest BCUT2D eigenvalue weighted by molar-refractivity contribution is 5.86. The Bertz CT molecular complexity index is 406. The molecule has 1 rings (SSSR count). The van der Waals surface area contributed by atoms with Gasteiger partial charge in [0.15, 0.2) is 5.96 Å². The number of esters is 1. The normalized spacial score (nSPS) is 16.1. The third-order valence-corrected chi connectivity index (χ3v) is 3.66. The summed E-state index contributed by atoms with van der Waals surface area (Å²) >= 11 is 0. The molecule has 0 atom stereocenters. The second-order valence-corrected chi connectivity index (χ2v) is 5.26. The molecule has 1 aliphatic heterocycles. The van der Waals surface area contributed by atoms with Crippen molar-refractivity contribution in [1.29, 1.82) is 0 Å². The summed E-state index contributed by atoms with van der Waals surface area (Å²) in [5.74, 6) is 0.410. The van der Waals surface area contributed by atoms with Crippen LogP contribution in [-0.4, -0.2) is 76.3 Å². The minimum atomic E-state index is -0.118. The van der Waals surface area contributed by atoms with E-state index < -0.39 is 0 Å². The van der Waals surface area contributed by atoms with Gasteiger partial charge in [0.1, 0.15) is 0 Å². The second-order valence-electron chi connectivity index (χ2n) is 5.26. The molecule has 1 aliphatic rings. The molecule has 0 spiro atoms. The molecule has 8 nitrogen and oxygen atoms in total. The molecule has 132 valence electrons. The Morgan fingerprint density at radius 3 is 2.52 bits per heavy atom. The number of amides is 1. The summed E-state index contributed by atoms with van der Waals surface area (Å²) in [5.41, 5.74) is 0. The zero-order valence-electron chi connectivity index (χ0n) is 14.3. The molecule has 0 aromatic rings. The Balaban J connectivity index is 2.34. The smallest absolute Gasteiger partial charge is 0.309 e. The lowest BCUT2D eigenvalue weighted by Crippen LogP contribution is -2.49. The van der Waals surface area contributed by atoms with Crippen molar-refractivity contribution < 1.29 is 19.1 Å². The van der Waals surface area contributed by atoms with E-state index in [1.807, 2.05) is 6.92 Å². The molecule has 0 saturated carbocycles. The molecular formula is C15H28N4O4. The number of nitrogens with zero attached hydrogens (tertiary/aromatic N) is 2. The predicted octanol–water partition coefficient (Wildman–Crippen LogP) is -0.400. The first kappa shape index (κ1) is 19.2. The average molecular weight is 328 g/mol. The summed E-state index contributed by atoms with van der Waals surface area (Å²) in [6.45, 7) is 4.80. The number of nitrogens with one attached hydrogen (secondary N) is 2. The number of methoxy groups -OCH3 is 1. The molecule has 1 saturated heterocycles. The number of carbonyl (C=O) groups excluding carboxylic acids is 2. The van der Waals surface area contributed by atoms with Crippen LogP contribution in [0.15, 0.2) is 4.99 Å². The van der Waals surface area contributed by atoms with Gasteiger partial charge in [-0.2, -0.15) is 0 Å². The Morgan fingerprint density at radius 1 is 1.26 bits per heavy atom. The number of carbonyl (C=O) groups is 2. The topological polar surface area (TPSA) is 92.3 Å². The number of aliphatic imine (C=N–C) groups is 1. The highest BCUT2D eigenvalue weighted by Gasteiger charge is 2.27. The number of hydrogen-bond donors (Lipinski definition) is 2. The first-order valence-corrected chi connectivity index (χ1v) is 8.00. The zero-order valence-corrected chi connectivity index (χ0v) is 14.3. The molecule has 1 heterocycles. The van der Waals surface area contributed by atoms with Gasteiger partial charge in [0.25, 0.3) is 0 Å². The fourth-order valence-corrected chi connectivity index (χ4v) is 2.43. The van der Waals surface area contributed by atoms with Crippen molar-refractivity contribution in [2.75, 3.05) is 53.6 Å². The van der Waals surface area contributed by atoms with E-state index in [2.05, 4.69) is 20.5 Å². The minimum Gasteiger partial charge on any atom is -0.466 e. The van der Waals surface area contributed by atoms with E-state index in [1.165, 1.54) is 0 Å². The van der Waals surface area contributed by atoms with E-state index in [1.54, 1.807) is 14.2 Å². The first-order chi connectivity index (χ1) is 11.1. The highest BCUT2D eigenvalue weighted by Crippen LogP contribution is 2.18. The van der Waals surface area contributed by atoms with E-state index in [-0.39, 0.29) is 24.3 Å². The van der Waals surface area contributed by atoms with Gasteiger partial charge >= 0.3 is 5.97 Å². The van der Waals surface area contributed by atoms with Gasteiger partial charge in [-0.05, 0) is 19.8 Å². The lowest BCUT2D eigenvalue weighted by atomic mass is 9.97. The maximum Gasteiger partial charge on any atom is 0.309 e. The summed E-state index contributed by atoms with van der Waals surface area (Å²) in [7, 11) is 3.27. The quantitative estimate of drug-likeness (QED) is 0.286. The molecule has 0 unspecified atom stereocenters. The molecular weight excluding hydrogens is 300 g/mol. The van der Waals surface area contributed by atoms with E-state index in [4.69, 9.17) is 9.47 Å². The van der Waals surface area contributed by atoms with Crippen LogP contribution in [0, 0.1) is 5.92 Å². The number of rotatable bonds is 7. The maximum atomic E-state index is 11.7. The lowest BCUT2D eigenvalue weighted by molar-refractivity contribution is -0.149. The lowest BCUT2D eigenvalue weighted by Gasteiger charge is -2.33. The number of likely N-dealkylation sites (tertiary alicyclic amines) is 1. The average Bonchev–Trinajstić information content (AvgIpc) is 2.56. The number of ether oxygens (including phenoxy) is 2. The molecule has 1 fully saturated rings. The van der Waals surface area contributed by atoms with Crippen LogP contribution in [0.1, 0.15) is 19.8 Å². The van der Waals surface area contributed by atoms with Crippen molar-refractivity contribution in [2.45, 2.75) is 19.8 Å². The van der Waals surface area contributed by atoms with Crippen LogP contribution in [0.5, 0.6) is 0 Å². The third kappa shape index (κ3) is 6.85. The van der Waals surface area contributed by atoms with E-state index in [9.17, 15) is 9.59 Å². The Kier molecular flexibility index (Phi) is 9.04. The van der Waals surface area contributed by atoms with Gasteiger partial charge in [-0.15, -0.1) is 0 Å². The van der Waals surface area contributed by atoms with Gasteiger partial charge in [-0.25, -0.2) is 0 Å². The van der Waals surface area contributed by atoms with Crippen LogP contribution in [0.4, 0.5) is 0 Å². The highest BCUT2D eigenvalue weighted by atomic mass is 16.5. The van der Waals surface area contributed by atoms with Crippen molar-refractivity contribution in [1.82, 2.24) is 15.5 Å². The monoisotopic (exact) mass is 328 g/mol. The molecule has 0 aliphatic carbocycles. The van der Waals surface area contributed by atoms with Gasteiger partial charge in [0.2, 0.25) is 5.91 Å². The van der Waals surface area contributed by atoms with Crippen molar-refractivity contribution in [3.8, 4) is 0 Å². The summed E-state index contributed by atoms with van der Waals surface area (Å²) in [4.78, 5) is 29.7. The minimum absolute atomic E-state index is 0.0401. The molecule has 1 amide bonds. The SMILES string of the molecule is CCOC(=O)C1CCN(C(=NC)NCC(=O)NCCOC)CC1. The molecule has 0 aromatic carbocycles. The Hall–Kier alpha value is -1.83. The molecule has 0 bridgehead atoms. The van der Waals surface area contributed by atoms with E-state index in [0.717, 1.165) is 12.8 Å². The van der Waals surface area contributed by atoms with Crippen LogP contribution in [0.2, 0.25) is 0 Å². The van der Waals surface area contributed by atoms with Gasteiger partial charge in [0.05, 0.1) is 25.7 Å². The van der Waals surface area contributed by atoms with E-state index >= 15 is 0 Å². The molecule has 0 radical (unpaired) electrons. The van der Waals surface area contributed by atoms with Gasteiger partial charge < -0.3 is 25.0 Å². The number of guanidine groups is 1. The largest absolute Gasteiger partial charge is 0.466 e. The molecule has 8 heteroatoms. The maximum absolute atomic E-state index is 11.7. The Morgan fingerprint density at radius 2 is 1.96 bits per heavy atom. The summed E-state index contributed by atoms with van der Waals surface area (Å²) in [6.07, 6.45) is 1.47. The van der Waals surface area contributed by atoms with Crippen LogP contribution < -0.4 is 10.6 Å². The van der Waals surface area contributed by atoms with Crippen LogP contribution in [-0.2, 0) is 19.1 Å². The standard InChI is InChI=1S/C15H28N4O4/c1-4-23-14(21)12-5-8-19(9-6-12)15(16-2)18-11-13(20)17-7-10-22-3/h12H,4-11H2,1-3H3,(H,16,18)(H,17,20). The third-order valence-electron chi connectivity index (χ3n) is 3.66. The fourth-order valence-electron chi connectivity index (χ4n) is 2.43.